The second-order valence-corrected chi connectivity index (χ2v) is 5.66. The summed E-state index contributed by atoms with van der Waals surface area (Å²) in [6.45, 7) is 0.536. The van der Waals surface area contributed by atoms with Gasteiger partial charge >= 0.3 is 5.97 Å². The van der Waals surface area contributed by atoms with Crippen molar-refractivity contribution in [1.29, 1.82) is 0 Å². The average molecular weight is 444 g/mol. The Morgan fingerprint density at radius 3 is 2.56 bits per heavy atom. The van der Waals surface area contributed by atoms with E-state index in [1.54, 1.807) is 0 Å². The van der Waals surface area contributed by atoms with Crippen molar-refractivity contribution in [3.05, 3.63) is 35.9 Å². The van der Waals surface area contributed by atoms with Gasteiger partial charge in [0, 0.05) is 0 Å². The molecule has 1 atom stereocenters. The Kier molecular flexibility index (Phi) is 7.35. The monoisotopic (exact) mass is 444 g/mol. The molecule has 0 fully saturated rings. The van der Waals surface area contributed by atoms with E-state index in [4.69, 9.17) is 4.74 Å². The molecular weight excluding hydrogens is 430 g/mol. The third-order valence-corrected chi connectivity index (χ3v) is 4.06. The highest BCUT2D eigenvalue weighted by atomic mass is 127. The van der Waals surface area contributed by atoms with Crippen LogP contribution in [0.15, 0.2) is 30.3 Å². The van der Waals surface area contributed by atoms with Crippen LogP contribution in [0.4, 0.5) is 0 Å². The minimum absolute atomic E-state index is 0.139. The van der Waals surface area contributed by atoms with Gasteiger partial charge in [0.1, 0.15) is 3.92 Å². The fourth-order valence-corrected chi connectivity index (χ4v) is 2.33. The summed E-state index contributed by atoms with van der Waals surface area (Å²) >= 11 is 4.44. The lowest BCUT2D eigenvalue weighted by Gasteiger charge is -2.10. The van der Waals surface area contributed by atoms with Gasteiger partial charge in [-0.3, -0.25) is 4.79 Å². The lowest BCUT2D eigenvalue weighted by Crippen LogP contribution is -2.11. The molecule has 1 unspecified atom stereocenters. The van der Waals surface area contributed by atoms with Crippen molar-refractivity contribution in [3.63, 3.8) is 0 Å². The van der Waals surface area contributed by atoms with Crippen LogP contribution in [0.3, 0.4) is 0 Å². The van der Waals surface area contributed by atoms with Gasteiger partial charge in [0.2, 0.25) is 0 Å². The number of hydrogen-bond acceptors (Lipinski definition) is 2. The number of carbonyl (C=O) groups excluding carboxylic acids is 1. The van der Waals surface area contributed by atoms with Crippen molar-refractivity contribution in [1.82, 2.24) is 0 Å². The van der Waals surface area contributed by atoms with E-state index < -0.39 is 0 Å². The minimum atomic E-state index is -0.196. The van der Waals surface area contributed by atoms with Crippen molar-refractivity contribution in [3.8, 4) is 0 Å². The molecule has 2 nitrogen and oxygen atoms in total. The van der Waals surface area contributed by atoms with Crippen LogP contribution in [0.2, 0.25) is 0 Å². The summed E-state index contributed by atoms with van der Waals surface area (Å²) in [7, 11) is 0. The predicted octanol–water partition coefficient (Wildman–Crippen LogP) is 3.92. The number of halogens is 2. The Balaban J connectivity index is 2.37. The molecule has 88 valence electrons. The number of hydrogen-bond donors (Lipinski definition) is 0. The average Bonchev–Trinajstić information content (AvgIpc) is 2.34. The van der Waals surface area contributed by atoms with E-state index in [0.29, 0.717) is 6.61 Å². The molecular formula is C12H14I2O2. The van der Waals surface area contributed by atoms with Gasteiger partial charge in [0.15, 0.2) is 0 Å². The second kappa shape index (κ2) is 8.27. The third kappa shape index (κ3) is 4.99. The number of rotatable bonds is 6. The molecule has 0 amide bonds. The summed E-state index contributed by atoms with van der Waals surface area (Å²) in [5.41, 5.74) is 1.00. The molecule has 0 N–H and O–H groups in total. The standard InChI is InChI=1S/C12H14I2O2/c13-8-4-5-9-16-12(15)11(14)10-6-2-1-3-7-10/h1-3,6-7,11H,4-5,8-9H2. The van der Waals surface area contributed by atoms with Gasteiger partial charge < -0.3 is 4.74 Å². The number of ether oxygens (including phenoxy) is 1. The Labute approximate surface area is 123 Å². The van der Waals surface area contributed by atoms with Gasteiger partial charge in [-0.05, 0) is 22.8 Å². The second-order valence-electron chi connectivity index (χ2n) is 3.34. The van der Waals surface area contributed by atoms with Gasteiger partial charge in [0.25, 0.3) is 0 Å². The SMILES string of the molecule is O=C(OCCCCI)C(I)c1ccccc1. The van der Waals surface area contributed by atoms with E-state index in [9.17, 15) is 4.79 Å². The first-order valence-electron chi connectivity index (χ1n) is 5.17. The van der Waals surface area contributed by atoms with Crippen molar-refractivity contribution in [2.24, 2.45) is 0 Å². The van der Waals surface area contributed by atoms with Gasteiger partial charge in [-0.2, -0.15) is 0 Å². The minimum Gasteiger partial charge on any atom is -0.465 e. The molecule has 0 saturated carbocycles. The molecule has 4 heteroatoms. The topological polar surface area (TPSA) is 26.3 Å². The zero-order chi connectivity index (χ0) is 11.8. The summed E-state index contributed by atoms with van der Waals surface area (Å²) in [5.74, 6) is -0.139. The smallest absolute Gasteiger partial charge is 0.323 e. The van der Waals surface area contributed by atoms with E-state index in [-0.39, 0.29) is 9.89 Å². The molecule has 0 bridgehead atoms. The molecule has 0 aliphatic rings. The highest BCUT2D eigenvalue weighted by molar-refractivity contribution is 14.1. The van der Waals surface area contributed by atoms with Gasteiger partial charge in [-0.1, -0.05) is 75.5 Å². The van der Waals surface area contributed by atoms with E-state index in [2.05, 4.69) is 45.2 Å². The maximum absolute atomic E-state index is 11.7. The molecule has 1 rings (SSSR count). The van der Waals surface area contributed by atoms with Crippen molar-refractivity contribution < 1.29 is 9.53 Å². The van der Waals surface area contributed by atoms with E-state index >= 15 is 0 Å². The van der Waals surface area contributed by atoms with Crippen LogP contribution in [0.1, 0.15) is 22.3 Å². The summed E-state index contributed by atoms with van der Waals surface area (Å²) in [4.78, 5) is 11.7. The summed E-state index contributed by atoms with van der Waals surface area (Å²) < 4.78 is 6.13. The molecule has 0 saturated heterocycles. The lowest BCUT2D eigenvalue weighted by atomic mass is 10.1. The Morgan fingerprint density at radius 2 is 1.94 bits per heavy atom. The Bertz CT molecular complexity index is 314. The van der Waals surface area contributed by atoms with Crippen LogP contribution in [-0.4, -0.2) is 17.0 Å². The largest absolute Gasteiger partial charge is 0.465 e. The Hall–Kier alpha value is 0.150. The van der Waals surface area contributed by atoms with Crippen molar-refractivity contribution in [2.75, 3.05) is 11.0 Å². The number of esters is 1. The van der Waals surface area contributed by atoms with Crippen LogP contribution >= 0.6 is 45.2 Å². The molecule has 0 aliphatic carbocycles. The third-order valence-electron chi connectivity index (χ3n) is 2.07. The highest BCUT2D eigenvalue weighted by Gasteiger charge is 2.17. The maximum Gasteiger partial charge on any atom is 0.323 e. The van der Waals surface area contributed by atoms with Crippen LogP contribution in [-0.2, 0) is 9.53 Å². The quantitative estimate of drug-likeness (QED) is 0.288. The van der Waals surface area contributed by atoms with Crippen LogP contribution < -0.4 is 0 Å². The van der Waals surface area contributed by atoms with Gasteiger partial charge in [-0.15, -0.1) is 0 Å². The summed E-state index contributed by atoms with van der Waals surface area (Å²) in [6, 6.07) is 9.71. The number of unbranched alkanes of at least 4 members (excludes halogenated alkanes) is 1. The first-order valence-corrected chi connectivity index (χ1v) is 7.94. The fourth-order valence-electron chi connectivity index (χ4n) is 1.20. The summed E-state index contributed by atoms with van der Waals surface area (Å²) in [6.07, 6.45) is 2.05. The lowest BCUT2D eigenvalue weighted by molar-refractivity contribution is -0.142. The van der Waals surface area contributed by atoms with E-state index in [1.165, 1.54) is 0 Å². The Morgan fingerprint density at radius 1 is 1.25 bits per heavy atom. The van der Waals surface area contributed by atoms with Crippen molar-refractivity contribution >= 4 is 51.2 Å². The number of alkyl halides is 2. The number of benzene rings is 1. The number of carbonyl (C=O) groups is 1. The summed E-state index contributed by atoms with van der Waals surface area (Å²) in [5, 5.41) is 0. The van der Waals surface area contributed by atoms with Gasteiger partial charge in [-0.25, -0.2) is 0 Å². The van der Waals surface area contributed by atoms with Crippen LogP contribution in [0.25, 0.3) is 0 Å². The molecule has 1 aromatic rings. The molecule has 0 aliphatic heterocycles. The predicted molar refractivity (Wildman–Crippen MR) is 82.3 cm³/mol. The van der Waals surface area contributed by atoms with Crippen LogP contribution in [0, 0.1) is 0 Å². The first kappa shape index (κ1) is 14.2. The van der Waals surface area contributed by atoms with E-state index in [0.717, 1.165) is 22.8 Å². The molecule has 0 spiro atoms. The molecule has 0 radical (unpaired) electrons. The van der Waals surface area contributed by atoms with Gasteiger partial charge in [0.05, 0.1) is 6.61 Å². The zero-order valence-corrected chi connectivity index (χ0v) is 13.2. The zero-order valence-electron chi connectivity index (χ0n) is 8.86. The first-order chi connectivity index (χ1) is 7.75. The maximum atomic E-state index is 11.7. The normalized spacial score (nSPS) is 12.1. The van der Waals surface area contributed by atoms with Crippen molar-refractivity contribution in [2.45, 2.75) is 16.8 Å². The van der Waals surface area contributed by atoms with Crippen LogP contribution in [0.5, 0.6) is 0 Å². The molecule has 0 heterocycles. The van der Waals surface area contributed by atoms with E-state index in [1.807, 2.05) is 30.3 Å². The molecule has 16 heavy (non-hydrogen) atoms. The molecule has 0 aromatic heterocycles. The molecule has 1 aromatic carbocycles. The fraction of sp³-hybridized carbons (Fsp3) is 0.417. The highest BCUT2D eigenvalue weighted by Crippen LogP contribution is 2.24.